The predicted molar refractivity (Wildman–Crippen MR) is 56.3 cm³/mol. The van der Waals surface area contributed by atoms with Crippen LogP contribution in [0.15, 0.2) is 0 Å². The summed E-state index contributed by atoms with van der Waals surface area (Å²) >= 11 is 0. The van der Waals surface area contributed by atoms with Gasteiger partial charge in [-0.25, -0.2) is 0 Å². The second-order valence-electron chi connectivity index (χ2n) is 5.31. The molecule has 6 heteroatoms. The van der Waals surface area contributed by atoms with Crippen molar-refractivity contribution in [1.82, 2.24) is 5.32 Å². The van der Waals surface area contributed by atoms with Crippen LogP contribution in [-0.4, -0.2) is 26.3 Å². The number of halogens is 3. The summed E-state index contributed by atoms with van der Waals surface area (Å²) < 4.78 is 35.8. The van der Waals surface area contributed by atoms with Crippen LogP contribution in [0.5, 0.6) is 0 Å². The molecule has 1 N–H and O–H groups in total. The van der Waals surface area contributed by atoms with E-state index in [1.807, 2.05) is 39.2 Å². The number of carbonyl (C=O) groups excluding carboxylic acids is 1. The topological polar surface area (TPSA) is 29.1 Å². The second-order valence-corrected chi connectivity index (χ2v) is 10.9. The number of hydrogen-bond donors (Lipinski definition) is 1. The van der Waals surface area contributed by atoms with Gasteiger partial charge in [0.25, 0.3) is 0 Å². The summed E-state index contributed by atoms with van der Waals surface area (Å²) in [5, 5.41) is 1.93. The van der Waals surface area contributed by atoms with Gasteiger partial charge in [-0.3, -0.25) is 4.79 Å². The van der Waals surface area contributed by atoms with Crippen LogP contribution in [0, 0.1) is 0 Å². The molecule has 1 amide bonds. The fourth-order valence-electron chi connectivity index (χ4n) is 0.667. The van der Waals surface area contributed by atoms with E-state index in [1.54, 1.807) is 0 Å². The molecule has 0 unspecified atom stereocenters. The molecule has 0 bridgehead atoms. The van der Waals surface area contributed by atoms with Crippen molar-refractivity contribution in [3.05, 3.63) is 0 Å². The smallest absolute Gasteiger partial charge is 0.351 e. The summed E-state index contributed by atoms with van der Waals surface area (Å²) in [7, 11) is -1.88. The van der Waals surface area contributed by atoms with Gasteiger partial charge in [-0.2, -0.15) is 13.2 Å². The number of nitrogens with one attached hydrogen (secondary N) is 1. The van der Waals surface area contributed by atoms with Crippen LogP contribution in [0.3, 0.4) is 0 Å². The summed E-state index contributed by atoms with van der Waals surface area (Å²) in [5.74, 6) is -1.84. The molecule has 0 aromatic heterocycles. The molecule has 0 fully saturated rings. The molecule has 0 aromatic rings. The molecule has 0 aliphatic rings. The Bertz CT molecular complexity index is 243. The summed E-state index contributed by atoms with van der Waals surface area (Å²) in [6, 6.07) is 0. The molecule has 15 heavy (non-hydrogen) atoms. The molecule has 0 saturated heterocycles. The van der Waals surface area contributed by atoms with Crippen molar-refractivity contribution in [2.24, 2.45) is 0 Å². The zero-order valence-electron chi connectivity index (χ0n) is 9.75. The molecule has 0 heterocycles. The average molecular weight is 241 g/mol. The van der Waals surface area contributed by atoms with Gasteiger partial charge < -0.3 is 5.32 Å². The average Bonchev–Trinajstić information content (AvgIpc) is 1.96. The lowest BCUT2D eigenvalue weighted by Gasteiger charge is -2.36. The largest absolute Gasteiger partial charge is 0.471 e. The summed E-state index contributed by atoms with van der Waals surface area (Å²) in [4.78, 5) is 10.6. The van der Waals surface area contributed by atoms with E-state index >= 15 is 0 Å². The Morgan fingerprint density at radius 2 is 1.60 bits per heavy atom. The number of carbonyl (C=O) groups is 1. The minimum absolute atomic E-state index is 0.0358. The van der Waals surface area contributed by atoms with Gasteiger partial charge in [0, 0.05) is 6.17 Å². The SMILES string of the molecule is CC(C)(C)[Si](C)(C)CNC(=O)C(F)(F)F. The normalized spacial score (nSPS) is 13.9. The van der Waals surface area contributed by atoms with E-state index < -0.39 is 20.2 Å². The lowest BCUT2D eigenvalue weighted by atomic mass is 10.2. The first kappa shape index (κ1) is 14.5. The van der Waals surface area contributed by atoms with Gasteiger partial charge in [-0.05, 0) is 5.04 Å². The first-order valence-electron chi connectivity index (χ1n) is 4.73. The molecule has 0 aromatic carbocycles. The highest BCUT2D eigenvalue weighted by molar-refractivity contribution is 6.80. The Kier molecular flexibility index (Phi) is 4.01. The molecular weight excluding hydrogens is 223 g/mol. The number of rotatable bonds is 2. The molecule has 0 radical (unpaired) electrons. The van der Waals surface area contributed by atoms with E-state index in [0.717, 1.165) is 0 Å². The van der Waals surface area contributed by atoms with Crippen molar-refractivity contribution >= 4 is 14.0 Å². The van der Waals surface area contributed by atoms with Crippen LogP contribution >= 0.6 is 0 Å². The fourth-order valence-corrected chi connectivity index (χ4v) is 1.80. The van der Waals surface area contributed by atoms with Crippen LogP contribution in [0.2, 0.25) is 18.1 Å². The zero-order chi connectivity index (χ0) is 12.5. The maximum atomic E-state index is 11.9. The van der Waals surface area contributed by atoms with Crippen molar-refractivity contribution in [1.29, 1.82) is 0 Å². The van der Waals surface area contributed by atoms with E-state index in [0.29, 0.717) is 0 Å². The summed E-state index contributed by atoms with van der Waals surface area (Å²) in [6.45, 7) is 9.88. The second kappa shape index (κ2) is 4.15. The summed E-state index contributed by atoms with van der Waals surface area (Å²) in [6.07, 6.45) is -4.63. The van der Waals surface area contributed by atoms with Crippen molar-refractivity contribution in [2.75, 3.05) is 6.17 Å². The van der Waals surface area contributed by atoms with E-state index in [2.05, 4.69) is 0 Å². The highest BCUT2D eigenvalue weighted by Crippen LogP contribution is 2.35. The third kappa shape index (κ3) is 4.23. The Labute approximate surface area is 89.2 Å². The van der Waals surface area contributed by atoms with Gasteiger partial charge in [-0.1, -0.05) is 33.9 Å². The molecule has 0 atom stereocenters. The Hall–Kier alpha value is -0.523. The van der Waals surface area contributed by atoms with Crippen LogP contribution in [0.1, 0.15) is 20.8 Å². The molecule has 0 spiro atoms. The van der Waals surface area contributed by atoms with Gasteiger partial charge >= 0.3 is 12.1 Å². The molecule has 0 aliphatic carbocycles. The van der Waals surface area contributed by atoms with Crippen molar-refractivity contribution in [3.63, 3.8) is 0 Å². The molecule has 90 valence electrons. The Balaban J connectivity index is 4.36. The van der Waals surface area contributed by atoms with Crippen LogP contribution in [0.25, 0.3) is 0 Å². The highest BCUT2D eigenvalue weighted by atomic mass is 28.3. The monoisotopic (exact) mass is 241 g/mol. The molecular formula is C9H18F3NOSi. The minimum Gasteiger partial charge on any atom is -0.351 e. The standard InChI is InChI=1S/C9H18F3NOSi/c1-8(2,3)15(4,5)6-13-7(14)9(10,11)12/h6H2,1-5H3,(H,13,14). The van der Waals surface area contributed by atoms with E-state index in [-0.39, 0.29) is 11.2 Å². The third-order valence-electron chi connectivity index (χ3n) is 2.98. The lowest BCUT2D eigenvalue weighted by molar-refractivity contribution is -0.173. The van der Waals surface area contributed by atoms with E-state index in [4.69, 9.17) is 0 Å². The molecule has 0 rings (SSSR count). The maximum Gasteiger partial charge on any atom is 0.471 e. The number of hydrogen-bond acceptors (Lipinski definition) is 1. The molecule has 0 aliphatic heterocycles. The van der Waals surface area contributed by atoms with Gasteiger partial charge in [0.15, 0.2) is 0 Å². The van der Waals surface area contributed by atoms with E-state index in [1.165, 1.54) is 0 Å². The quantitative estimate of drug-likeness (QED) is 0.740. The van der Waals surface area contributed by atoms with Crippen LogP contribution in [-0.2, 0) is 4.79 Å². The van der Waals surface area contributed by atoms with Gasteiger partial charge in [0.2, 0.25) is 0 Å². The van der Waals surface area contributed by atoms with Crippen LogP contribution < -0.4 is 5.32 Å². The maximum absolute atomic E-state index is 11.9. The molecule has 0 saturated carbocycles. The lowest BCUT2D eigenvalue weighted by Crippen LogP contribution is -2.51. The first-order chi connectivity index (χ1) is 6.38. The van der Waals surface area contributed by atoms with Crippen molar-refractivity contribution in [3.8, 4) is 0 Å². The summed E-state index contributed by atoms with van der Waals surface area (Å²) in [5.41, 5.74) is 0. The third-order valence-corrected chi connectivity index (χ3v) is 8.10. The predicted octanol–water partition coefficient (Wildman–Crippen LogP) is 2.71. The minimum atomic E-state index is -4.78. The van der Waals surface area contributed by atoms with E-state index in [9.17, 15) is 18.0 Å². The van der Waals surface area contributed by atoms with Crippen molar-refractivity contribution in [2.45, 2.75) is 45.1 Å². The Morgan fingerprint density at radius 1 is 1.20 bits per heavy atom. The van der Waals surface area contributed by atoms with Gasteiger partial charge in [0.1, 0.15) is 0 Å². The zero-order valence-corrected chi connectivity index (χ0v) is 10.7. The highest BCUT2D eigenvalue weighted by Gasteiger charge is 2.41. The number of amides is 1. The van der Waals surface area contributed by atoms with Gasteiger partial charge in [0.05, 0.1) is 8.07 Å². The first-order valence-corrected chi connectivity index (χ1v) is 7.94. The number of alkyl halides is 3. The van der Waals surface area contributed by atoms with Gasteiger partial charge in [-0.15, -0.1) is 0 Å². The molecule has 2 nitrogen and oxygen atoms in total. The Morgan fingerprint density at radius 3 is 1.87 bits per heavy atom. The van der Waals surface area contributed by atoms with Crippen molar-refractivity contribution < 1.29 is 18.0 Å². The fraction of sp³-hybridized carbons (Fsp3) is 0.889. The van der Waals surface area contributed by atoms with Crippen LogP contribution in [0.4, 0.5) is 13.2 Å².